The minimum absolute atomic E-state index is 0. The fourth-order valence-corrected chi connectivity index (χ4v) is 2.89. The fraction of sp³-hybridized carbons (Fsp3) is 0.316. The maximum atomic E-state index is 12.2. The molecule has 1 aliphatic heterocycles. The second kappa shape index (κ2) is 9.50. The maximum absolute atomic E-state index is 12.2. The van der Waals surface area contributed by atoms with Crippen LogP contribution >= 0.6 is 12.4 Å². The molecule has 0 bridgehead atoms. The summed E-state index contributed by atoms with van der Waals surface area (Å²) in [6, 6.07) is 14.0. The van der Waals surface area contributed by atoms with Gasteiger partial charge in [-0.3, -0.25) is 4.79 Å². The molecule has 0 aromatic heterocycles. The highest BCUT2D eigenvalue weighted by molar-refractivity contribution is 5.94. The minimum atomic E-state index is -2.83. The summed E-state index contributed by atoms with van der Waals surface area (Å²) >= 11 is 0. The third kappa shape index (κ3) is 5.41. The number of amides is 1. The van der Waals surface area contributed by atoms with Crippen molar-refractivity contribution in [2.45, 2.75) is 25.5 Å². The van der Waals surface area contributed by atoms with Gasteiger partial charge < -0.3 is 15.4 Å². The molecular weight excluding hydrogens is 362 g/mol. The Morgan fingerprint density at radius 3 is 2.27 bits per heavy atom. The molecule has 2 N–H and O–H groups in total. The molecule has 2 aromatic carbocycles. The van der Waals surface area contributed by atoms with E-state index in [1.165, 1.54) is 12.1 Å². The summed E-state index contributed by atoms with van der Waals surface area (Å²) in [5.41, 5.74) is 2.36. The van der Waals surface area contributed by atoms with Crippen molar-refractivity contribution in [2.75, 3.05) is 13.1 Å². The van der Waals surface area contributed by atoms with Gasteiger partial charge in [0.1, 0.15) is 5.75 Å². The fourth-order valence-electron chi connectivity index (χ4n) is 2.89. The monoisotopic (exact) mass is 382 g/mol. The van der Waals surface area contributed by atoms with E-state index in [0.717, 1.165) is 30.5 Å². The quantitative estimate of drug-likeness (QED) is 0.797. The van der Waals surface area contributed by atoms with E-state index >= 15 is 0 Å². The number of hydrogen-bond donors (Lipinski definition) is 2. The number of carbonyl (C=O) groups is 1. The first-order valence-corrected chi connectivity index (χ1v) is 8.29. The Hall–Kier alpha value is -2.18. The zero-order valence-electron chi connectivity index (χ0n) is 14.1. The molecule has 0 spiro atoms. The minimum Gasteiger partial charge on any atom is -0.435 e. The van der Waals surface area contributed by atoms with Crippen LogP contribution < -0.4 is 15.4 Å². The lowest BCUT2D eigenvalue weighted by Crippen LogP contribution is -2.37. The number of carbonyl (C=O) groups excluding carboxylic acids is 1. The van der Waals surface area contributed by atoms with Crippen LogP contribution in [0.15, 0.2) is 48.5 Å². The molecule has 2 aromatic rings. The van der Waals surface area contributed by atoms with E-state index in [0.29, 0.717) is 18.2 Å². The number of benzene rings is 2. The average Bonchev–Trinajstić information content (AvgIpc) is 3.13. The van der Waals surface area contributed by atoms with Gasteiger partial charge in [0.05, 0.1) is 0 Å². The van der Waals surface area contributed by atoms with Crippen LogP contribution in [-0.4, -0.2) is 31.7 Å². The van der Waals surface area contributed by atoms with Gasteiger partial charge in [0.15, 0.2) is 0 Å². The molecule has 1 fully saturated rings. The Morgan fingerprint density at radius 1 is 1.12 bits per heavy atom. The molecule has 1 heterocycles. The third-order valence-electron chi connectivity index (χ3n) is 4.23. The molecule has 0 unspecified atom stereocenters. The Bertz CT molecular complexity index is 702. The molecular formula is C19H21ClF2N2O2. The highest BCUT2D eigenvalue weighted by Gasteiger charge is 2.15. The number of alkyl halides is 2. The molecule has 140 valence electrons. The topological polar surface area (TPSA) is 50.4 Å². The van der Waals surface area contributed by atoms with Gasteiger partial charge in [0.25, 0.3) is 5.91 Å². The van der Waals surface area contributed by atoms with Crippen LogP contribution in [-0.2, 0) is 0 Å². The van der Waals surface area contributed by atoms with Crippen molar-refractivity contribution in [3.63, 3.8) is 0 Å². The van der Waals surface area contributed by atoms with Crippen molar-refractivity contribution in [1.29, 1.82) is 0 Å². The number of rotatable bonds is 6. The first-order valence-electron chi connectivity index (χ1n) is 8.29. The molecule has 0 aliphatic carbocycles. The summed E-state index contributed by atoms with van der Waals surface area (Å²) in [7, 11) is 0. The van der Waals surface area contributed by atoms with Crippen LogP contribution in [0.5, 0.6) is 5.75 Å². The lowest BCUT2D eigenvalue weighted by molar-refractivity contribution is -0.0498. The molecule has 1 saturated heterocycles. The van der Waals surface area contributed by atoms with E-state index < -0.39 is 6.61 Å². The largest absolute Gasteiger partial charge is 0.435 e. The van der Waals surface area contributed by atoms with Crippen LogP contribution in [0.2, 0.25) is 0 Å². The number of nitrogens with one attached hydrogen (secondary N) is 2. The first-order chi connectivity index (χ1) is 12.1. The van der Waals surface area contributed by atoms with E-state index in [2.05, 4.69) is 15.4 Å². The Kier molecular flexibility index (Phi) is 7.36. The molecule has 7 heteroatoms. The standard InChI is InChI=1S/C19H20F2N2O2.ClH/c20-19(21)25-17-9-7-14(8-10-17)13-3-5-15(6-4-13)18(24)23-12-16-2-1-11-22-16;/h3-10,16,19,22H,1-2,11-12H2,(H,23,24);1H/t16-;/m0./s1. The summed E-state index contributed by atoms with van der Waals surface area (Å²) in [4.78, 5) is 12.2. The normalized spacial score (nSPS) is 16.2. The van der Waals surface area contributed by atoms with Gasteiger partial charge in [-0.2, -0.15) is 8.78 Å². The van der Waals surface area contributed by atoms with Gasteiger partial charge in [-0.15, -0.1) is 12.4 Å². The van der Waals surface area contributed by atoms with E-state index in [9.17, 15) is 13.6 Å². The Balaban J connectivity index is 0.00000243. The summed E-state index contributed by atoms with van der Waals surface area (Å²) in [5, 5.41) is 6.28. The molecule has 1 aliphatic rings. The summed E-state index contributed by atoms with van der Waals surface area (Å²) in [6.45, 7) is -1.19. The highest BCUT2D eigenvalue weighted by atomic mass is 35.5. The SMILES string of the molecule is Cl.O=C(NC[C@@H]1CCCN1)c1ccc(-c2ccc(OC(F)F)cc2)cc1. The van der Waals surface area contributed by atoms with E-state index in [1.807, 2.05) is 12.1 Å². The van der Waals surface area contributed by atoms with Crippen molar-refractivity contribution in [1.82, 2.24) is 10.6 Å². The Morgan fingerprint density at radius 2 is 1.73 bits per heavy atom. The van der Waals surface area contributed by atoms with Crippen LogP contribution in [0.3, 0.4) is 0 Å². The molecule has 1 amide bonds. The molecule has 1 atom stereocenters. The lowest BCUT2D eigenvalue weighted by Gasteiger charge is -2.12. The van der Waals surface area contributed by atoms with Crippen LogP contribution in [0.25, 0.3) is 11.1 Å². The van der Waals surface area contributed by atoms with Gasteiger partial charge in [-0.25, -0.2) is 0 Å². The first kappa shape index (κ1) is 20.1. The van der Waals surface area contributed by atoms with E-state index in [4.69, 9.17) is 0 Å². The van der Waals surface area contributed by atoms with Gasteiger partial charge in [0.2, 0.25) is 0 Å². The smallest absolute Gasteiger partial charge is 0.387 e. The third-order valence-corrected chi connectivity index (χ3v) is 4.23. The Labute approximate surface area is 157 Å². The van der Waals surface area contributed by atoms with Crippen LogP contribution in [0.1, 0.15) is 23.2 Å². The molecule has 0 radical (unpaired) electrons. The second-order valence-electron chi connectivity index (χ2n) is 5.98. The molecule has 4 nitrogen and oxygen atoms in total. The van der Waals surface area contributed by atoms with Crippen LogP contribution in [0.4, 0.5) is 8.78 Å². The van der Waals surface area contributed by atoms with Gasteiger partial charge in [-0.05, 0) is 54.8 Å². The number of hydrogen-bond acceptors (Lipinski definition) is 3. The van der Waals surface area contributed by atoms with Crippen molar-refractivity contribution in [2.24, 2.45) is 0 Å². The molecule has 26 heavy (non-hydrogen) atoms. The predicted octanol–water partition coefficient (Wildman–Crippen LogP) is 3.86. The van der Waals surface area contributed by atoms with Gasteiger partial charge in [-0.1, -0.05) is 24.3 Å². The van der Waals surface area contributed by atoms with Gasteiger partial charge >= 0.3 is 6.61 Å². The second-order valence-corrected chi connectivity index (χ2v) is 5.98. The maximum Gasteiger partial charge on any atom is 0.387 e. The average molecular weight is 383 g/mol. The van der Waals surface area contributed by atoms with Crippen molar-refractivity contribution >= 4 is 18.3 Å². The zero-order valence-corrected chi connectivity index (χ0v) is 14.9. The van der Waals surface area contributed by atoms with Crippen molar-refractivity contribution < 1.29 is 18.3 Å². The predicted molar refractivity (Wildman–Crippen MR) is 99.1 cm³/mol. The van der Waals surface area contributed by atoms with E-state index in [-0.39, 0.29) is 24.1 Å². The number of halogens is 3. The lowest BCUT2D eigenvalue weighted by atomic mass is 10.0. The van der Waals surface area contributed by atoms with Crippen LogP contribution in [0, 0.1) is 0 Å². The summed E-state index contributed by atoms with van der Waals surface area (Å²) in [5.74, 6) is 0.0243. The summed E-state index contributed by atoms with van der Waals surface area (Å²) < 4.78 is 28.7. The summed E-state index contributed by atoms with van der Waals surface area (Å²) in [6.07, 6.45) is 2.24. The van der Waals surface area contributed by atoms with Crippen molar-refractivity contribution in [3.05, 3.63) is 54.1 Å². The van der Waals surface area contributed by atoms with Crippen molar-refractivity contribution in [3.8, 4) is 16.9 Å². The molecule has 3 rings (SSSR count). The van der Waals surface area contributed by atoms with E-state index in [1.54, 1.807) is 24.3 Å². The molecule has 0 saturated carbocycles. The zero-order chi connectivity index (χ0) is 17.6. The highest BCUT2D eigenvalue weighted by Crippen LogP contribution is 2.23. The van der Waals surface area contributed by atoms with Gasteiger partial charge in [0, 0.05) is 18.2 Å². The number of ether oxygens (including phenoxy) is 1.